The Labute approximate surface area is 123 Å². The lowest BCUT2D eigenvalue weighted by Crippen LogP contribution is -2.39. The van der Waals surface area contributed by atoms with Gasteiger partial charge in [0.25, 0.3) is 5.91 Å². The molecule has 1 heterocycles. The van der Waals surface area contributed by atoms with E-state index in [2.05, 4.69) is 0 Å². The van der Waals surface area contributed by atoms with E-state index < -0.39 is 0 Å². The molecule has 1 amide bonds. The van der Waals surface area contributed by atoms with Crippen molar-refractivity contribution in [2.45, 2.75) is 12.8 Å². The van der Waals surface area contributed by atoms with Crippen LogP contribution in [0.1, 0.15) is 12.0 Å². The SMILES string of the molecule is O=C(COc1ccccc1)N1CCCc2cccc(F)c21. The zero-order valence-corrected chi connectivity index (χ0v) is 11.6. The third-order valence-electron chi connectivity index (χ3n) is 3.57. The second-order valence-corrected chi connectivity index (χ2v) is 5.00. The highest BCUT2D eigenvalue weighted by molar-refractivity contribution is 5.95. The van der Waals surface area contributed by atoms with Gasteiger partial charge in [0.1, 0.15) is 11.6 Å². The van der Waals surface area contributed by atoms with Gasteiger partial charge in [0.05, 0.1) is 5.69 Å². The largest absolute Gasteiger partial charge is 0.484 e. The maximum absolute atomic E-state index is 14.0. The fourth-order valence-corrected chi connectivity index (χ4v) is 2.59. The Bertz CT molecular complexity index is 642. The van der Waals surface area contributed by atoms with E-state index in [1.54, 1.807) is 18.2 Å². The monoisotopic (exact) mass is 285 g/mol. The van der Waals surface area contributed by atoms with E-state index in [9.17, 15) is 9.18 Å². The van der Waals surface area contributed by atoms with Crippen LogP contribution in [0.15, 0.2) is 48.5 Å². The summed E-state index contributed by atoms with van der Waals surface area (Å²) in [6.45, 7) is 0.447. The number of amides is 1. The number of halogens is 1. The molecule has 108 valence electrons. The zero-order valence-electron chi connectivity index (χ0n) is 11.6. The predicted molar refractivity (Wildman–Crippen MR) is 79.0 cm³/mol. The highest BCUT2D eigenvalue weighted by atomic mass is 19.1. The van der Waals surface area contributed by atoms with Crippen molar-refractivity contribution < 1.29 is 13.9 Å². The lowest BCUT2D eigenvalue weighted by atomic mass is 10.0. The van der Waals surface area contributed by atoms with Gasteiger partial charge in [-0.15, -0.1) is 0 Å². The fourth-order valence-electron chi connectivity index (χ4n) is 2.59. The Morgan fingerprint density at radius 2 is 1.95 bits per heavy atom. The molecule has 3 rings (SSSR count). The first-order chi connectivity index (χ1) is 10.3. The van der Waals surface area contributed by atoms with Crippen LogP contribution in [0.2, 0.25) is 0 Å². The van der Waals surface area contributed by atoms with Crippen molar-refractivity contribution in [2.75, 3.05) is 18.1 Å². The average Bonchev–Trinajstić information content (AvgIpc) is 2.53. The minimum Gasteiger partial charge on any atom is -0.484 e. The van der Waals surface area contributed by atoms with Gasteiger partial charge in [0.2, 0.25) is 0 Å². The number of fused-ring (bicyclic) bond motifs is 1. The molecule has 2 aromatic carbocycles. The summed E-state index contributed by atoms with van der Waals surface area (Å²) < 4.78 is 19.5. The Morgan fingerprint density at radius 3 is 2.76 bits per heavy atom. The molecule has 4 heteroatoms. The van der Waals surface area contributed by atoms with Crippen LogP contribution in [0, 0.1) is 5.82 Å². The van der Waals surface area contributed by atoms with E-state index in [4.69, 9.17) is 4.74 Å². The van der Waals surface area contributed by atoms with Gasteiger partial charge in [0, 0.05) is 6.54 Å². The number of carbonyl (C=O) groups excluding carboxylic acids is 1. The molecule has 0 radical (unpaired) electrons. The standard InChI is InChI=1S/C17H16FNO2/c18-15-10-4-6-13-7-5-11-19(17(13)15)16(20)12-21-14-8-2-1-3-9-14/h1-4,6,8-10H,5,7,11-12H2. The molecule has 3 nitrogen and oxygen atoms in total. The summed E-state index contributed by atoms with van der Waals surface area (Å²) in [5.74, 6) is 0.0711. The van der Waals surface area contributed by atoms with Crippen LogP contribution in [0.25, 0.3) is 0 Å². The van der Waals surface area contributed by atoms with Crippen molar-refractivity contribution in [3.05, 3.63) is 59.9 Å². The van der Waals surface area contributed by atoms with Crippen LogP contribution in [-0.2, 0) is 11.2 Å². The Morgan fingerprint density at radius 1 is 1.14 bits per heavy atom. The first-order valence-electron chi connectivity index (χ1n) is 7.01. The number of hydrogen-bond donors (Lipinski definition) is 0. The first-order valence-corrected chi connectivity index (χ1v) is 7.01. The molecule has 0 N–H and O–H groups in total. The summed E-state index contributed by atoms with van der Waals surface area (Å²) in [7, 11) is 0. The van der Waals surface area contributed by atoms with Gasteiger partial charge in [-0.2, -0.15) is 0 Å². The van der Waals surface area contributed by atoms with Gasteiger partial charge < -0.3 is 9.64 Å². The molecule has 1 aliphatic rings. The summed E-state index contributed by atoms with van der Waals surface area (Å²) in [5.41, 5.74) is 1.29. The average molecular weight is 285 g/mol. The maximum Gasteiger partial charge on any atom is 0.265 e. The molecule has 0 fully saturated rings. The molecule has 0 saturated heterocycles. The van der Waals surface area contributed by atoms with Crippen molar-refractivity contribution in [1.82, 2.24) is 0 Å². The third kappa shape index (κ3) is 2.89. The fraction of sp³-hybridized carbons (Fsp3) is 0.235. The molecular formula is C17H16FNO2. The number of para-hydroxylation sites is 2. The van der Waals surface area contributed by atoms with Crippen LogP contribution in [0.5, 0.6) is 5.75 Å². The first kappa shape index (κ1) is 13.6. The van der Waals surface area contributed by atoms with E-state index in [0.717, 1.165) is 18.4 Å². The quantitative estimate of drug-likeness (QED) is 0.867. The molecule has 0 atom stereocenters. The molecule has 0 aliphatic carbocycles. The number of rotatable bonds is 3. The van der Waals surface area contributed by atoms with Gasteiger partial charge in [-0.3, -0.25) is 4.79 Å². The summed E-state index contributed by atoms with van der Waals surface area (Å²) >= 11 is 0. The Kier molecular flexibility index (Phi) is 3.86. The number of benzene rings is 2. The van der Waals surface area contributed by atoms with Crippen LogP contribution < -0.4 is 9.64 Å². The molecule has 0 saturated carbocycles. The number of aryl methyl sites for hydroxylation is 1. The third-order valence-corrected chi connectivity index (χ3v) is 3.57. The number of nitrogens with zero attached hydrogens (tertiary/aromatic N) is 1. The molecule has 21 heavy (non-hydrogen) atoms. The van der Waals surface area contributed by atoms with Crippen molar-refractivity contribution in [1.29, 1.82) is 0 Å². The Hall–Kier alpha value is -2.36. The smallest absolute Gasteiger partial charge is 0.265 e. The lowest BCUT2D eigenvalue weighted by Gasteiger charge is -2.29. The highest BCUT2D eigenvalue weighted by Gasteiger charge is 2.25. The van der Waals surface area contributed by atoms with Crippen molar-refractivity contribution in [3.63, 3.8) is 0 Å². The molecule has 0 unspecified atom stereocenters. The zero-order chi connectivity index (χ0) is 14.7. The van der Waals surface area contributed by atoms with Gasteiger partial charge in [-0.05, 0) is 36.6 Å². The van der Waals surface area contributed by atoms with Crippen molar-refractivity contribution in [2.24, 2.45) is 0 Å². The van der Waals surface area contributed by atoms with Crippen LogP contribution in [0.3, 0.4) is 0 Å². The molecule has 1 aliphatic heterocycles. The summed E-state index contributed by atoms with van der Waals surface area (Å²) in [6.07, 6.45) is 1.64. The van der Waals surface area contributed by atoms with Crippen LogP contribution in [-0.4, -0.2) is 19.1 Å². The number of hydrogen-bond acceptors (Lipinski definition) is 2. The molecule has 2 aromatic rings. The topological polar surface area (TPSA) is 29.5 Å². The number of anilines is 1. The second-order valence-electron chi connectivity index (χ2n) is 5.00. The van der Waals surface area contributed by atoms with E-state index >= 15 is 0 Å². The second kappa shape index (κ2) is 5.95. The number of ether oxygens (including phenoxy) is 1. The van der Waals surface area contributed by atoms with Crippen LogP contribution >= 0.6 is 0 Å². The van der Waals surface area contributed by atoms with Gasteiger partial charge in [-0.25, -0.2) is 4.39 Å². The molecule has 0 spiro atoms. The van der Waals surface area contributed by atoms with Crippen molar-refractivity contribution >= 4 is 11.6 Å². The summed E-state index contributed by atoms with van der Waals surface area (Å²) in [5, 5.41) is 0. The van der Waals surface area contributed by atoms with Crippen molar-refractivity contribution in [3.8, 4) is 5.75 Å². The molecular weight excluding hydrogens is 269 g/mol. The summed E-state index contributed by atoms with van der Waals surface area (Å²) in [6, 6.07) is 14.1. The van der Waals surface area contributed by atoms with E-state index in [1.165, 1.54) is 11.0 Å². The van der Waals surface area contributed by atoms with Gasteiger partial charge in [0.15, 0.2) is 6.61 Å². The molecule has 0 bridgehead atoms. The lowest BCUT2D eigenvalue weighted by molar-refractivity contribution is -0.120. The highest BCUT2D eigenvalue weighted by Crippen LogP contribution is 2.30. The normalized spacial score (nSPS) is 13.7. The predicted octanol–water partition coefficient (Wildman–Crippen LogP) is 3.18. The summed E-state index contributed by atoms with van der Waals surface area (Å²) in [4.78, 5) is 13.8. The number of carbonyl (C=O) groups is 1. The van der Waals surface area contributed by atoms with Crippen LogP contribution in [0.4, 0.5) is 10.1 Å². The van der Waals surface area contributed by atoms with Gasteiger partial charge in [-0.1, -0.05) is 30.3 Å². The Balaban J connectivity index is 1.75. The van der Waals surface area contributed by atoms with Gasteiger partial charge >= 0.3 is 0 Å². The molecule has 0 aromatic heterocycles. The van der Waals surface area contributed by atoms with E-state index in [1.807, 2.05) is 24.3 Å². The minimum absolute atomic E-state index is 0.0855. The van der Waals surface area contributed by atoms with E-state index in [-0.39, 0.29) is 18.3 Å². The van der Waals surface area contributed by atoms with E-state index in [0.29, 0.717) is 18.0 Å². The maximum atomic E-state index is 14.0. The minimum atomic E-state index is -0.347.